The molecule has 0 spiro atoms. The maximum atomic E-state index is 14.5. The lowest BCUT2D eigenvalue weighted by molar-refractivity contribution is 0.355. The minimum absolute atomic E-state index is 0.0465. The van der Waals surface area contributed by atoms with Gasteiger partial charge in [0.15, 0.2) is 5.65 Å². The minimum atomic E-state index is -1.18. The van der Waals surface area contributed by atoms with Crippen molar-refractivity contribution in [3.63, 3.8) is 0 Å². The number of nitrogens with zero attached hydrogens (tertiary/aromatic N) is 5. The Bertz CT molecular complexity index is 1410. The van der Waals surface area contributed by atoms with Crippen molar-refractivity contribution in [1.82, 2.24) is 29.9 Å². The summed E-state index contributed by atoms with van der Waals surface area (Å²) in [5.74, 6) is 0.582. The van der Waals surface area contributed by atoms with Gasteiger partial charge < -0.3 is 15.2 Å². The number of anilines is 1. The number of imidazole rings is 2. The van der Waals surface area contributed by atoms with Gasteiger partial charge in [-0.1, -0.05) is 0 Å². The van der Waals surface area contributed by atoms with E-state index in [-0.39, 0.29) is 18.5 Å². The van der Waals surface area contributed by atoms with Gasteiger partial charge in [-0.25, -0.2) is 27.7 Å². The maximum Gasteiger partial charge on any atom is 0.154 e. The van der Waals surface area contributed by atoms with Crippen LogP contribution in [0, 0.1) is 11.6 Å². The topological polar surface area (TPSA) is 74.1 Å². The van der Waals surface area contributed by atoms with E-state index in [1.54, 1.807) is 27.7 Å². The largest absolute Gasteiger partial charge is 0.345 e. The van der Waals surface area contributed by atoms with Gasteiger partial charge in [0.2, 0.25) is 0 Å². The van der Waals surface area contributed by atoms with Crippen molar-refractivity contribution in [2.75, 3.05) is 24.5 Å². The van der Waals surface area contributed by atoms with Crippen LogP contribution in [0.4, 0.5) is 19.0 Å². The highest BCUT2D eigenvalue weighted by Crippen LogP contribution is 2.38. The van der Waals surface area contributed by atoms with Gasteiger partial charge in [0.25, 0.3) is 0 Å². The van der Waals surface area contributed by atoms with Gasteiger partial charge in [-0.3, -0.25) is 0 Å². The Morgan fingerprint density at radius 2 is 1.86 bits per heavy atom. The number of aromatic nitrogens is 5. The van der Waals surface area contributed by atoms with Gasteiger partial charge in [0.1, 0.15) is 29.4 Å². The molecule has 0 saturated carbocycles. The molecule has 7 nitrogen and oxygen atoms in total. The number of benzene rings is 1. The molecule has 0 unspecified atom stereocenters. The fourth-order valence-corrected chi connectivity index (χ4v) is 5.19. The van der Waals surface area contributed by atoms with Crippen molar-refractivity contribution < 1.29 is 13.2 Å². The van der Waals surface area contributed by atoms with E-state index in [1.165, 1.54) is 0 Å². The number of rotatable bonds is 5. The van der Waals surface area contributed by atoms with Crippen LogP contribution in [0.2, 0.25) is 0 Å². The predicted octanol–water partition coefficient (Wildman–Crippen LogP) is 4.66. The van der Waals surface area contributed by atoms with Crippen LogP contribution in [0.25, 0.3) is 17.8 Å². The van der Waals surface area contributed by atoms with Crippen molar-refractivity contribution in [2.24, 2.45) is 0 Å². The van der Waals surface area contributed by atoms with Gasteiger partial charge in [-0.15, -0.1) is 5.10 Å². The van der Waals surface area contributed by atoms with E-state index in [9.17, 15) is 13.2 Å². The molecule has 0 radical (unpaired) electrons. The molecule has 2 atom stereocenters. The summed E-state index contributed by atoms with van der Waals surface area (Å²) in [5.41, 5.74) is 2.61. The molecule has 36 heavy (non-hydrogen) atoms. The first-order valence-corrected chi connectivity index (χ1v) is 12.2. The molecular weight excluding hydrogens is 467 g/mol. The van der Waals surface area contributed by atoms with Crippen LogP contribution >= 0.6 is 0 Å². The van der Waals surface area contributed by atoms with Gasteiger partial charge in [-0.2, -0.15) is 0 Å². The minimum Gasteiger partial charge on any atom is -0.345 e. The average Bonchev–Trinajstić information content (AvgIpc) is 3.63. The molecule has 2 saturated heterocycles. The van der Waals surface area contributed by atoms with Crippen LogP contribution in [-0.4, -0.2) is 50.4 Å². The zero-order valence-electron chi connectivity index (χ0n) is 19.5. The molecule has 0 amide bonds. The number of aromatic amines is 1. The Labute approximate surface area is 206 Å². The molecule has 2 N–H and O–H groups in total. The van der Waals surface area contributed by atoms with Gasteiger partial charge >= 0.3 is 0 Å². The van der Waals surface area contributed by atoms with Crippen LogP contribution in [-0.2, 0) is 0 Å². The van der Waals surface area contributed by atoms with E-state index < -0.39 is 23.8 Å². The maximum absolute atomic E-state index is 14.5. The summed E-state index contributed by atoms with van der Waals surface area (Å²) in [7, 11) is 0. The Morgan fingerprint density at radius 1 is 1.00 bits per heavy atom. The molecule has 2 fully saturated rings. The molecule has 2 aliphatic heterocycles. The fraction of sp³-hybridized carbons (Fsp3) is 0.346. The van der Waals surface area contributed by atoms with Crippen LogP contribution in [0.3, 0.4) is 0 Å². The molecule has 186 valence electrons. The highest BCUT2D eigenvalue weighted by atomic mass is 19.1. The Morgan fingerprint density at radius 3 is 2.72 bits per heavy atom. The number of fused-ring (bicyclic) bond motifs is 1. The Kier molecular flexibility index (Phi) is 5.96. The van der Waals surface area contributed by atoms with Crippen molar-refractivity contribution in [3.05, 3.63) is 77.1 Å². The summed E-state index contributed by atoms with van der Waals surface area (Å²) in [5, 5.41) is 8.05. The van der Waals surface area contributed by atoms with E-state index in [4.69, 9.17) is 0 Å². The van der Waals surface area contributed by atoms with E-state index in [1.807, 2.05) is 18.3 Å². The van der Waals surface area contributed by atoms with Crippen molar-refractivity contribution >= 4 is 23.6 Å². The lowest BCUT2D eigenvalue weighted by Gasteiger charge is -2.26. The molecular formula is C26H26F3N7. The summed E-state index contributed by atoms with van der Waals surface area (Å²) in [6.45, 7) is 2.07. The van der Waals surface area contributed by atoms with Crippen molar-refractivity contribution in [1.29, 1.82) is 0 Å². The van der Waals surface area contributed by atoms with Gasteiger partial charge in [-0.05, 0) is 68.4 Å². The van der Waals surface area contributed by atoms with E-state index in [0.717, 1.165) is 61.3 Å². The molecule has 2 aliphatic rings. The number of hydrogen-bond acceptors (Lipinski definition) is 5. The zero-order valence-corrected chi connectivity index (χ0v) is 19.5. The number of hydrogen-bond donors (Lipinski definition) is 2. The molecule has 6 rings (SSSR count). The van der Waals surface area contributed by atoms with Crippen LogP contribution < -0.4 is 10.2 Å². The summed E-state index contributed by atoms with van der Waals surface area (Å²) in [6.07, 6.45) is 8.40. The molecule has 3 aromatic heterocycles. The molecule has 10 heteroatoms. The summed E-state index contributed by atoms with van der Waals surface area (Å²) < 4.78 is 44.5. The lowest BCUT2D eigenvalue weighted by atomic mass is 9.95. The predicted molar refractivity (Wildman–Crippen MR) is 131 cm³/mol. The summed E-state index contributed by atoms with van der Waals surface area (Å²) in [4.78, 5) is 14.0. The fourth-order valence-electron chi connectivity index (χ4n) is 5.19. The van der Waals surface area contributed by atoms with Crippen LogP contribution in [0.1, 0.15) is 54.0 Å². The first-order chi connectivity index (χ1) is 17.5. The third kappa shape index (κ3) is 4.37. The summed E-state index contributed by atoms with van der Waals surface area (Å²) in [6, 6.07) is 6.14. The van der Waals surface area contributed by atoms with Gasteiger partial charge in [0.05, 0.1) is 24.5 Å². The molecule has 1 aromatic carbocycles. The number of nitrogens with one attached hydrogen (secondary N) is 2. The second kappa shape index (κ2) is 9.42. The summed E-state index contributed by atoms with van der Waals surface area (Å²) >= 11 is 0. The van der Waals surface area contributed by atoms with Crippen molar-refractivity contribution in [2.45, 2.75) is 37.4 Å². The van der Waals surface area contributed by atoms with E-state index in [0.29, 0.717) is 17.4 Å². The number of piperidine rings is 1. The lowest BCUT2D eigenvalue weighted by Crippen LogP contribution is -2.26. The quantitative estimate of drug-likeness (QED) is 0.423. The zero-order chi connectivity index (χ0) is 24.6. The van der Waals surface area contributed by atoms with Gasteiger partial charge in [0, 0.05) is 29.8 Å². The Hall–Kier alpha value is -3.66. The van der Waals surface area contributed by atoms with Crippen molar-refractivity contribution in [3.8, 4) is 0 Å². The molecule has 0 bridgehead atoms. The number of alkyl halides is 1. The smallest absolute Gasteiger partial charge is 0.154 e. The van der Waals surface area contributed by atoms with E-state index in [2.05, 4.69) is 25.4 Å². The molecule has 4 aromatic rings. The van der Waals surface area contributed by atoms with Crippen LogP contribution in [0.15, 0.2) is 42.7 Å². The first-order valence-electron chi connectivity index (χ1n) is 12.2. The molecule has 5 heterocycles. The average molecular weight is 494 g/mol. The highest BCUT2D eigenvalue weighted by molar-refractivity contribution is 5.66. The second-order valence-electron chi connectivity index (χ2n) is 9.39. The normalized spacial score (nSPS) is 21.2. The third-order valence-corrected chi connectivity index (χ3v) is 7.04. The number of H-pyrrole nitrogens is 1. The SMILES string of the molecule is Fc1ccc(F)c([C@H]2C[C@H](F)CN2c2ccc3ncc(/C=C/c4ncc(C5CCNCC5)[nH]4)n3n2)c1. The second-order valence-corrected chi connectivity index (χ2v) is 9.39. The standard InChI is InChI=1S/C26H26F3N7/c27-17-1-3-21(29)20(11-17)23-12-18(28)15-35(23)26-6-5-25-32-13-19(36(25)34-26)2-4-24-31-14-22(33-24)16-7-9-30-10-8-16/h1-6,11,13-14,16,18,23,30H,7-10,12,15H2,(H,31,33)/b4-2+/t18-,23+/m0/s1. The van der Waals surface area contributed by atoms with Crippen LogP contribution in [0.5, 0.6) is 0 Å². The third-order valence-electron chi connectivity index (χ3n) is 7.04. The molecule has 0 aliphatic carbocycles. The van der Waals surface area contributed by atoms with E-state index >= 15 is 0 Å². The monoisotopic (exact) mass is 493 g/mol. The Balaban J connectivity index is 1.28. The first kappa shape index (κ1) is 22.8. The highest BCUT2D eigenvalue weighted by Gasteiger charge is 2.36. The number of halogens is 3.